The number of thiazole rings is 1. The average molecular weight is 1890 g/mol. The first kappa shape index (κ1) is 86.3. The SMILES string of the molecule is CC1(C)c2ccccc2-c2ccc(-c3cn4c(-c5ccc6c(c5)C(C)(C)c5ccccc5-6)cnc4c(-c4ccc5ccccc5c4)n3)cc21.c1ccc(-c2cnc3c(-c4ccc(-c5nc6ccccc6s5)cc4)nc(-c4ccc(-c5nc6ccccc6n5-c5ccccc5)cc4)cn23)cc1.c1ccc(-c2cnc3c(-c4cccc5ccccc45)nc(-c4ccc(-c5nc6ccccc6n5-c5ccccc5)cc4)cn23)cc1. The van der Waals surface area contributed by atoms with Crippen LogP contribution < -0.4 is 0 Å². The normalized spacial score (nSPS) is 12.6. The molecule has 0 unspecified atom stereocenters. The summed E-state index contributed by atoms with van der Waals surface area (Å²) in [4.78, 5) is 45.9. The van der Waals surface area contributed by atoms with Gasteiger partial charge in [-0.3, -0.25) is 22.3 Å². The van der Waals surface area contributed by atoms with Gasteiger partial charge in [0.2, 0.25) is 0 Å². The number of rotatable bonds is 14. The maximum atomic E-state index is 5.40. The topological polar surface area (TPSA) is 139 Å². The van der Waals surface area contributed by atoms with E-state index in [1.165, 1.54) is 65.4 Å². The Morgan fingerprint density at radius 2 is 0.610 bits per heavy atom. The van der Waals surface area contributed by atoms with Crippen molar-refractivity contribution in [2.24, 2.45) is 0 Å². The van der Waals surface area contributed by atoms with Gasteiger partial charge in [0.05, 0.1) is 85.0 Å². The Morgan fingerprint density at radius 1 is 0.233 bits per heavy atom. The molecule has 27 aromatic rings. The summed E-state index contributed by atoms with van der Waals surface area (Å²) in [5, 5.41) is 5.73. The molecule has 0 fully saturated rings. The summed E-state index contributed by atoms with van der Waals surface area (Å²) in [6.07, 6.45) is 12.3. The molecule has 0 radical (unpaired) electrons. The van der Waals surface area contributed by atoms with E-state index in [9.17, 15) is 0 Å². The molecule has 0 N–H and O–H groups in total. The monoisotopic (exact) mass is 1890 g/mol. The predicted octanol–water partition coefficient (Wildman–Crippen LogP) is 32.4. The largest absolute Gasteiger partial charge is 0.296 e. The second kappa shape index (κ2) is 35.1. The summed E-state index contributed by atoms with van der Waals surface area (Å²) in [6.45, 7) is 9.34. The summed E-state index contributed by atoms with van der Waals surface area (Å²) in [7, 11) is 0. The third-order valence-corrected chi connectivity index (χ3v) is 30.3. The Hall–Kier alpha value is -18.8. The van der Waals surface area contributed by atoms with Gasteiger partial charge in [0.15, 0.2) is 16.9 Å². The van der Waals surface area contributed by atoms with E-state index in [-0.39, 0.29) is 10.8 Å². The van der Waals surface area contributed by atoms with Gasteiger partial charge in [-0.15, -0.1) is 11.3 Å². The number of hydrogen-bond acceptors (Lipinski definition) is 10. The maximum Gasteiger partial charge on any atom is 0.164 e. The summed E-state index contributed by atoms with van der Waals surface area (Å²) >= 11 is 1.71. The summed E-state index contributed by atoms with van der Waals surface area (Å²) in [5.74, 6) is 1.80. The highest BCUT2D eigenvalue weighted by molar-refractivity contribution is 7.21. The number of imidazole rings is 5. The molecule has 0 amide bonds. The molecule has 0 saturated carbocycles. The van der Waals surface area contributed by atoms with Crippen molar-refractivity contribution >= 4 is 82.1 Å². The van der Waals surface area contributed by atoms with Crippen molar-refractivity contribution in [2.75, 3.05) is 0 Å². The van der Waals surface area contributed by atoms with Crippen LogP contribution in [0.4, 0.5) is 0 Å². The van der Waals surface area contributed by atoms with Gasteiger partial charge in [-0.1, -0.05) is 386 Å². The highest BCUT2D eigenvalue weighted by Gasteiger charge is 2.38. The number of hydrogen-bond donors (Lipinski definition) is 0. The maximum absolute atomic E-state index is 5.40. The molecule has 14 nitrogen and oxygen atoms in total. The molecule has 18 aromatic carbocycles. The van der Waals surface area contributed by atoms with Crippen molar-refractivity contribution in [3.63, 3.8) is 0 Å². The van der Waals surface area contributed by atoms with E-state index in [2.05, 4.69) is 463 Å². The lowest BCUT2D eigenvalue weighted by atomic mass is 9.82. The minimum absolute atomic E-state index is 0.0831. The van der Waals surface area contributed by atoms with E-state index in [4.69, 9.17) is 44.9 Å². The van der Waals surface area contributed by atoms with Gasteiger partial charge < -0.3 is 0 Å². The van der Waals surface area contributed by atoms with E-state index >= 15 is 0 Å². The zero-order valence-corrected chi connectivity index (χ0v) is 81.0. The lowest BCUT2D eigenvalue weighted by molar-refractivity contribution is 0.660. The first-order valence-corrected chi connectivity index (χ1v) is 50.1. The molecule has 0 aliphatic heterocycles. The van der Waals surface area contributed by atoms with Crippen molar-refractivity contribution in [3.05, 3.63) is 496 Å². The zero-order valence-electron chi connectivity index (χ0n) is 80.2. The summed E-state index contributed by atoms with van der Waals surface area (Å²) < 4.78 is 12.2. The second-order valence-corrected chi connectivity index (χ2v) is 39.6. The quantitative estimate of drug-likeness (QED) is 0.104. The van der Waals surface area contributed by atoms with Crippen molar-refractivity contribution < 1.29 is 0 Å². The molecular formula is C131H90N14S. The number of fused-ring (bicyclic) bond motifs is 14. The molecule has 9 aromatic heterocycles. The summed E-state index contributed by atoms with van der Waals surface area (Å²) in [5.41, 5.74) is 41.3. The second-order valence-electron chi connectivity index (χ2n) is 38.5. The molecule has 2 aliphatic rings. The lowest BCUT2D eigenvalue weighted by Crippen LogP contribution is -2.15. The third kappa shape index (κ3) is 14.9. The third-order valence-electron chi connectivity index (χ3n) is 29.2. The van der Waals surface area contributed by atoms with Gasteiger partial charge in [-0.2, -0.15) is 0 Å². The summed E-state index contributed by atoms with van der Waals surface area (Å²) in [6, 6.07) is 153. The van der Waals surface area contributed by atoms with Gasteiger partial charge in [0, 0.05) is 108 Å². The van der Waals surface area contributed by atoms with Gasteiger partial charge in [-0.05, 0) is 145 Å². The Labute approximate surface area is 846 Å². The Balaban J connectivity index is 0.000000109. The standard InChI is InChI=1S/C46H35N3.C44H28N6S.C41H27N5/c1-45(2)37-15-9-7-13-33(37)35-21-19-30(24-39(35)45)41-27-49-42(31-20-22-36-34-14-8-10-16-38(34)46(3,4)40(36)25-31)26-47-44(49)43(48-41)32-18-17-28-11-5-6-12-29(28)23-32;1-3-11-30(12-4-1)39-27-45-43-41(31-21-25-33(26-22-31)44-48-36-16-8-10-18-40(36)51-44)46-37(28-49(39)43)29-19-23-32(24-20-29)42-47-35-15-7-9-17-38(35)50(42)34-13-5-2-6-14-34;1-3-13-30(14-4-1)38-26-42-41-39(34-19-11-15-28-12-7-8-18-33(28)34)43-36(27-45(38)41)29-22-24-31(25-23-29)40-44-35-20-9-10-21-37(35)46(40)32-16-5-2-6-17-32/h5-27H,1-4H3;1-28H;1-27H. The fourth-order valence-corrected chi connectivity index (χ4v) is 22.7. The number of aromatic nitrogens is 14. The van der Waals surface area contributed by atoms with Crippen LogP contribution in [0.25, 0.3) is 239 Å². The van der Waals surface area contributed by atoms with E-state index in [1.807, 2.05) is 61.1 Å². The smallest absolute Gasteiger partial charge is 0.164 e. The first-order valence-electron chi connectivity index (χ1n) is 49.3. The predicted molar refractivity (Wildman–Crippen MR) is 597 cm³/mol. The zero-order chi connectivity index (χ0) is 97.2. The van der Waals surface area contributed by atoms with Crippen LogP contribution in [-0.4, -0.2) is 67.2 Å². The van der Waals surface area contributed by atoms with E-state index in [0.29, 0.717) is 0 Å². The Bertz CT molecular complexity index is 9760. The van der Waals surface area contributed by atoms with Crippen molar-refractivity contribution in [2.45, 2.75) is 38.5 Å². The van der Waals surface area contributed by atoms with Gasteiger partial charge in [0.1, 0.15) is 33.7 Å². The molecule has 0 atom stereocenters. The van der Waals surface area contributed by atoms with Crippen molar-refractivity contribution in [1.29, 1.82) is 0 Å². The molecule has 0 saturated heterocycles. The fraction of sp³-hybridized carbons (Fsp3) is 0.0458. The molecule has 9 heterocycles. The molecule has 146 heavy (non-hydrogen) atoms. The van der Waals surface area contributed by atoms with Crippen LogP contribution in [0, 0.1) is 0 Å². The van der Waals surface area contributed by atoms with Gasteiger partial charge in [0.25, 0.3) is 0 Å². The molecule has 0 spiro atoms. The Morgan fingerprint density at radius 3 is 1.16 bits per heavy atom. The number of nitrogens with zero attached hydrogens (tertiary/aromatic N) is 14. The Kier molecular flexibility index (Phi) is 20.8. The molecule has 2 aliphatic carbocycles. The van der Waals surface area contributed by atoms with Gasteiger partial charge in [-0.25, -0.2) is 44.9 Å². The minimum Gasteiger partial charge on any atom is -0.296 e. The van der Waals surface area contributed by atoms with Crippen LogP contribution in [0.5, 0.6) is 0 Å². The lowest BCUT2D eigenvalue weighted by Gasteiger charge is -2.22. The van der Waals surface area contributed by atoms with Crippen molar-refractivity contribution in [1.82, 2.24) is 67.2 Å². The van der Waals surface area contributed by atoms with E-state index in [1.54, 1.807) is 11.3 Å². The minimum atomic E-state index is -0.0951. The highest BCUT2D eigenvalue weighted by Crippen LogP contribution is 2.53. The van der Waals surface area contributed by atoms with Crippen LogP contribution in [0.1, 0.15) is 49.9 Å². The fourth-order valence-electron chi connectivity index (χ4n) is 21.8. The van der Waals surface area contributed by atoms with E-state index in [0.717, 1.165) is 196 Å². The average Bonchev–Trinajstić information content (AvgIpc) is 1.57. The van der Waals surface area contributed by atoms with Crippen LogP contribution in [0.2, 0.25) is 0 Å². The molecule has 0 bridgehead atoms. The van der Waals surface area contributed by atoms with Crippen LogP contribution in [0.3, 0.4) is 0 Å². The molecule has 690 valence electrons. The van der Waals surface area contributed by atoms with Crippen molar-refractivity contribution in [3.8, 4) is 168 Å². The highest BCUT2D eigenvalue weighted by atomic mass is 32.1. The number of benzene rings is 18. The van der Waals surface area contributed by atoms with Gasteiger partial charge >= 0.3 is 0 Å². The van der Waals surface area contributed by atoms with Crippen LogP contribution in [0.15, 0.2) is 474 Å². The molecule has 29 rings (SSSR count). The molecule has 15 heteroatoms. The number of para-hydroxylation sites is 7. The van der Waals surface area contributed by atoms with Crippen LogP contribution >= 0.6 is 11.3 Å². The van der Waals surface area contributed by atoms with Crippen LogP contribution in [-0.2, 0) is 10.8 Å². The molecular weight excluding hydrogens is 1800 g/mol. The first-order chi connectivity index (χ1) is 71.9. The van der Waals surface area contributed by atoms with E-state index < -0.39 is 0 Å².